The first kappa shape index (κ1) is 12.0. The lowest BCUT2D eigenvalue weighted by atomic mass is 10.4. The third kappa shape index (κ3) is 4.44. The Kier molecular flexibility index (Phi) is 6.23. The number of rotatable bonds is 7. The molecule has 0 unspecified atom stereocenters. The van der Waals surface area contributed by atoms with E-state index in [1.54, 1.807) is 0 Å². The van der Waals surface area contributed by atoms with Crippen LogP contribution in [0.1, 0.15) is 23.2 Å². The molecule has 0 atom stereocenters. The van der Waals surface area contributed by atoms with Gasteiger partial charge in [-0.15, -0.1) is 11.3 Å². The Balaban J connectivity index is 2.12. The van der Waals surface area contributed by atoms with E-state index in [0.29, 0.717) is 0 Å². The molecule has 0 aliphatic heterocycles. The number of nitrogens with one attached hydrogen (secondary N) is 1. The van der Waals surface area contributed by atoms with Crippen LogP contribution < -0.4 is 5.32 Å². The first-order chi connectivity index (χ1) is 6.86. The molecule has 14 heavy (non-hydrogen) atoms. The maximum atomic E-state index is 4.36. The summed E-state index contributed by atoms with van der Waals surface area (Å²) in [5.74, 6) is 1.24. The van der Waals surface area contributed by atoms with E-state index < -0.39 is 0 Å². The molecule has 0 fully saturated rings. The monoisotopic (exact) mass is 230 g/mol. The van der Waals surface area contributed by atoms with Crippen LogP contribution in [0.25, 0.3) is 0 Å². The normalized spacial score (nSPS) is 10.7. The average molecular weight is 230 g/mol. The highest BCUT2D eigenvalue weighted by Gasteiger charge is 1.98. The quantitative estimate of drug-likeness (QED) is 0.729. The van der Waals surface area contributed by atoms with Gasteiger partial charge in [0.25, 0.3) is 0 Å². The Hall–Kier alpha value is -0.0600. The van der Waals surface area contributed by atoms with Crippen LogP contribution >= 0.6 is 23.1 Å². The van der Waals surface area contributed by atoms with Gasteiger partial charge in [0.1, 0.15) is 5.01 Å². The summed E-state index contributed by atoms with van der Waals surface area (Å²) < 4.78 is 0. The van der Waals surface area contributed by atoms with Crippen molar-refractivity contribution in [2.24, 2.45) is 0 Å². The summed E-state index contributed by atoms with van der Waals surface area (Å²) in [7, 11) is 0. The van der Waals surface area contributed by atoms with Gasteiger partial charge in [-0.3, -0.25) is 0 Å². The molecule has 1 heterocycles. The summed E-state index contributed by atoms with van der Waals surface area (Å²) in [6, 6.07) is 0. The molecule has 0 aliphatic carbocycles. The first-order valence-corrected chi connectivity index (χ1v) is 7.21. The Labute approximate surface area is 94.5 Å². The number of aryl methyl sites for hydroxylation is 1. The summed E-state index contributed by atoms with van der Waals surface area (Å²) in [5, 5.41) is 4.62. The lowest BCUT2D eigenvalue weighted by Gasteiger charge is -2.00. The SMILES string of the molecule is CCc1cnc(CNCCCSC)s1. The van der Waals surface area contributed by atoms with E-state index in [1.165, 1.54) is 22.1 Å². The number of hydrogen-bond acceptors (Lipinski definition) is 4. The van der Waals surface area contributed by atoms with Gasteiger partial charge in [0, 0.05) is 17.6 Å². The van der Waals surface area contributed by atoms with Crippen molar-refractivity contribution in [2.75, 3.05) is 18.6 Å². The first-order valence-electron chi connectivity index (χ1n) is 5.00. The second kappa shape index (κ2) is 7.26. The van der Waals surface area contributed by atoms with Crippen LogP contribution in [0.4, 0.5) is 0 Å². The topological polar surface area (TPSA) is 24.9 Å². The highest BCUT2D eigenvalue weighted by molar-refractivity contribution is 7.98. The van der Waals surface area contributed by atoms with Gasteiger partial charge in [0.05, 0.1) is 0 Å². The van der Waals surface area contributed by atoms with Crippen LogP contribution in [-0.4, -0.2) is 23.5 Å². The molecule has 1 N–H and O–H groups in total. The summed E-state index contributed by atoms with van der Waals surface area (Å²) in [4.78, 5) is 5.74. The molecule has 0 radical (unpaired) electrons. The number of aromatic nitrogens is 1. The number of thioether (sulfide) groups is 1. The fourth-order valence-corrected chi connectivity index (χ4v) is 2.40. The number of thiazole rings is 1. The lowest BCUT2D eigenvalue weighted by molar-refractivity contribution is 0.676. The van der Waals surface area contributed by atoms with Gasteiger partial charge in [0.15, 0.2) is 0 Å². The Bertz CT molecular complexity index is 248. The minimum Gasteiger partial charge on any atom is -0.310 e. The number of hydrogen-bond donors (Lipinski definition) is 1. The van der Waals surface area contributed by atoms with E-state index in [2.05, 4.69) is 23.5 Å². The minimum atomic E-state index is 0.930. The molecule has 0 saturated heterocycles. The smallest absolute Gasteiger partial charge is 0.107 e. The van der Waals surface area contributed by atoms with Crippen molar-refractivity contribution in [1.29, 1.82) is 0 Å². The highest BCUT2D eigenvalue weighted by atomic mass is 32.2. The van der Waals surface area contributed by atoms with Crippen molar-refractivity contribution in [3.05, 3.63) is 16.1 Å². The van der Waals surface area contributed by atoms with Crippen LogP contribution in [0.15, 0.2) is 6.20 Å². The maximum Gasteiger partial charge on any atom is 0.107 e. The molecular weight excluding hydrogens is 212 g/mol. The van der Waals surface area contributed by atoms with Gasteiger partial charge in [0.2, 0.25) is 0 Å². The van der Waals surface area contributed by atoms with E-state index >= 15 is 0 Å². The number of nitrogens with zero attached hydrogens (tertiary/aromatic N) is 1. The molecule has 1 aromatic heterocycles. The predicted molar refractivity (Wildman–Crippen MR) is 66.2 cm³/mol. The Morgan fingerprint density at radius 2 is 2.43 bits per heavy atom. The molecular formula is C10H18N2S2. The van der Waals surface area contributed by atoms with E-state index in [0.717, 1.165) is 19.5 Å². The summed E-state index contributed by atoms with van der Waals surface area (Å²) >= 11 is 3.72. The zero-order valence-corrected chi connectivity index (χ0v) is 10.5. The summed E-state index contributed by atoms with van der Waals surface area (Å²) in [5.41, 5.74) is 0. The summed E-state index contributed by atoms with van der Waals surface area (Å²) in [6.45, 7) is 4.20. The second-order valence-corrected chi connectivity index (χ2v) is 5.28. The van der Waals surface area contributed by atoms with Crippen LogP contribution in [0, 0.1) is 0 Å². The molecule has 0 aromatic carbocycles. The van der Waals surface area contributed by atoms with E-state index in [4.69, 9.17) is 0 Å². The molecule has 0 bridgehead atoms. The van der Waals surface area contributed by atoms with Crippen molar-refractivity contribution < 1.29 is 0 Å². The van der Waals surface area contributed by atoms with Crippen LogP contribution in [0.5, 0.6) is 0 Å². The standard InChI is InChI=1S/C10H18N2S2/c1-3-9-7-12-10(14-9)8-11-5-4-6-13-2/h7,11H,3-6,8H2,1-2H3. The van der Waals surface area contributed by atoms with Crippen molar-refractivity contribution in [1.82, 2.24) is 10.3 Å². The molecule has 1 aromatic rings. The van der Waals surface area contributed by atoms with Crippen molar-refractivity contribution in [2.45, 2.75) is 26.3 Å². The van der Waals surface area contributed by atoms with Gasteiger partial charge in [-0.1, -0.05) is 6.92 Å². The van der Waals surface area contributed by atoms with Gasteiger partial charge >= 0.3 is 0 Å². The van der Waals surface area contributed by atoms with Crippen molar-refractivity contribution in [3.8, 4) is 0 Å². The van der Waals surface area contributed by atoms with E-state index in [9.17, 15) is 0 Å². The molecule has 80 valence electrons. The Morgan fingerprint density at radius 3 is 3.07 bits per heavy atom. The van der Waals surface area contributed by atoms with E-state index in [1.807, 2.05) is 29.3 Å². The minimum absolute atomic E-state index is 0.930. The molecule has 0 saturated carbocycles. The lowest BCUT2D eigenvalue weighted by Crippen LogP contribution is -2.14. The van der Waals surface area contributed by atoms with Crippen molar-refractivity contribution >= 4 is 23.1 Å². The van der Waals surface area contributed by atoms with Crippen molar-refractivity contribution in [3.63, 3.8) is 0 Å². The fraction of sp³-hybridized carbons (Fsp3) is 0.700. The second-order valence-electron chi connectivity index (χ2n) is 3.10. The third-order valence-corrected chi connectivity index (χ3v) is 3.77. The Morgan fingerprint density at radius 1 is 1.57 bits per heavy atom. The van der Waals surface area contributed by atoms with Gasteiger partial charge < -0.3 is 5.32 Å². The maximum absolute atomic E-state index is 4.36. The zero-order valence-electron chi connectivity index (χ0n) is 8.88. The van der Waals surface area contributed by atoms with Crippen LogP contribution in [0.2, 0.25) is 0 Å². The molecule has 4 heteroatoms. The predicted octanol–water partition coefficient (Wildman–Crippen LogP) is 2.55. The van der Waals surface area contributed by atoms with Crippen LogP contribution in [0.3, 0.4) is 0 Å². The third-order valence-electron chi connectivity index (χ3n) is 1.93. The highest BCUT2D eigenvalue weighted by Crippen LogP contribution is 2.12. The van der Waals surface area contributed by atoms with Gasteiger partial charge in [-0.25, -0.2) is 4.98 Å². The molecule has 0 aliphatic rings. The fourth-order valence-electron chi connectivity index (χ4n) is 1.13. The molecule has 0 amide bonds. The van der Waals surface area contributed by atoms with Gasteiger partial charge in [-0.2, -0.15) is 11.8 Å². The average Bonchev–Trinajstić information content (AvgIpc) is 2.65. The van der Waals surface area contributed by atoms with Gasteiger partial charge in [-0.05, 0) is 31.4 Å². The zero-order chi connectivity index (χ0) is 10.2. The molecule has 1 rings (SSSR count). The largest absolute Gasteiger partial charge is 0.310 e. The summed E-state index contributed by atoms with van der Waals surface area (Å²) in [6.07, 6.45) is 6.48. The molecule has 2 nitrogen and oxygen atoms in total. The van der Waals surface area contributed by atoms with Crippen LogP contribution in [-0.2, 0) is 13.0 Å². The molecule has 0 spiro atoms. The van der Waals surface area contributed by atoms with E-state index in [-0.39, 0.29) is 0 Å².